The maximum Gasteiger partial charge on any atom is 0.328 e. The highest BCUT2D eigenvalue weighted by molar-refractivity contribution is 7.90. The van der Waals surface area contributed by atoms with Gasteiger partial charge in [0.05, 0.1) is 4.90 Å². The van der Waals surface area contributed by atoms with Gasteiger partial charge in [0, 0.05) is 29.6 Å². The minimum atomic E-state index is -3.66. The third kappa shape index (κ3) is 3.63. The van der Waals surface area contributed by atoms with E-state index in [2.05, 4.69) is 9.71 Å². The van der Waals surface area contributed by atoms with E-state index < -0.39 is 29.1 Å². The number of sulfonamides is 1. The lowest BCUT2D eigenvalue weighted by Gasteiger charge is -2.04. The molecule has 2 aromatic rings. The summed E-state index contributed by atoms with van der Waals surface area (Å²) in [5, 5.41) is 0. The van der Waals surface area contributed by atoms with Gasteiger partial charge in [0.2, 0.25) is 5.78 Å². The van der Waals surface area contributed by atoms with E-state index >= 15 is 0 Å². The third-order valence-corrected chi connectivity index (χ3v) is 5.87. The van der Waals surface area contributed by atoms with Gasteiger partial charge in [-0.05, 0) is 32.0 Å². The van der Waals surface area contributed by atoms with Crippen molar-refractivity contribution in [2.45, 2.75) is 18.7 Å². The Morgan fingerprint density at radius 3 is 2.59 bits per heavy atom. The van der Waals surface area contributed by atoms with Crippen LogP contribution in [0.4, 0.5) is 0 Å². The maximum atomic E-state index is 12.2. The number of hydrogen-bond donors (Lipinski definition) is 1. The van der Waals surface area contributed by atoms with Crippen LogP contribution in [0.25, 0.3) is 0 Å². The van der Waals surface area contributed by atoms with Gasteiger partial charge in [-0.15, -0.1) is 0 Å². The van der Waals surface area contributed by atoms with Gasteiger partial charge in [-0.2, -0.15) is 0 Å². The fourth-order valence-electron chi connectivity index (χ4n) is 2.80. The molecule has 0 bridgehead atoms. The van der Waals surface area contributed by atoms with Gasteiger partial charge in [-0.25, -0.2) is 8.42 Å². The highest BCUT2D eigenvalue weighted by Crippen LogP contribution is 2.22. The Morgan fingerprint density at radius 2 is 1.93 bits per heavy atom. The number of amidine groups is 1. The second-order valence-corrected chi connectivity index (χ2v) is 7.84. The van der Waals surface area contributed by atoms with Gasteiger partial charge in [0.15, 0.2) is 6.61 Å². The molecule has 142 valence electrons. The van der Waals surface area contributed by atoms with Crippen molar-refractivity contribution >= 4 is 27.6 Å². The van der Waals surface area contributed by atoms with E-state index in [0.29, 0.717) is 11.1 Å². The van der Waals surface area contributed by atoms with Crippen LogP contribution < -0.4 is 4.72 Å². The van der Waals surface area contributed by atoms with E-state index in [9.17, 15) is 18.0 Å². The molecule has 0 radical (unpaired) electrons. The number of nitrogens with zero attached hydrogens (tertiary/aromatic N) is 2. The van der Waals surface area contributed by atoms with Crippen LogP contribution in [0.5, 0.6) is 0 Å². The Labute approximate surface area is 156 Å². The first-order valence-electron chi connectivity index (χ1n) is 8.19. The molecule has 1 N–H and O–H groups in total. The number of ketones is 1. The minimum Gasteiger partial charge on any atom is -0.456 e. The molecular weight excluding hydrogens is 370 g/mol. The molecule has 1 aromatic carbocycles. The molecule has 0 fully saturated rings. The summed E-state index contributed by atoms with van der Waals surface area (Å²) in [4.78, 5) is 28.2. The van der Waals surface area contributed by atoms with E-state index in [-0.39, 0.29) is 16.5 Å². The van der Waals surface area contributed by atoms with Crippen LogP contribution >= 0.6 is 0 Å². The molecule has 8 nitrogen and oxygen atoms in total. The van der Waals surface area contributed by atoms with Crippen molar-refractivity contribution in [3.63, 3.8) is 0 Å². The number of nitrogens with one attached hydrogen (secondary N) is 1. The molecule has 0 spiro atoms. The number of carbonyl (C=O) groups excluding carboxylic acids is 2. The van der Waals surface area contributed by atoms with E-state index in [1.165, 1.54) is 6.07 Å². The summed E-state index contributed by atoms with van der Waals surface area (Å²) >= 11 is 0. The summed E-state index contributed by atoms with van der Waals surface area (Å²) in [7, 11) is -1.81. The van der Waals surface area contributed by atoms with Crippen molar-refractivity contribution in [3.05, 3.63) is 52.8 Å². The molecule has 0 atom stereocenters. The Hall–Kier alpha value is -2.94. The number of fused-ring (bicyclic) bond motifs is 1. The second kappa shape index (κ2) is 6.99. The van der Waals surface area contributed by atoms with Gasteiger partial charge >= 0.3 is 5.97 Å². The summed E-state index contributed by atoms with van der Waals surface area (Å²) in [6.45, 7) is 2.91. The Bertz CT molecular complexity index is 1070. The zero-order valence-corrected chi connectivity index (χ0v) is 16.0. The van der Waals surface area contributed by atoms with Crippen LogP contribution in [0.3, 0.4) is 0 Å². The molecule has 27 heavy (non-hydrogen) atoms. The van der Waals surface area contributed by atoms with Crippen molar-refractivity contribution in [3.8, 4) is 0 Å². The maximum absolute atomic E-state index is 12.2. The molecule has 0 aliphatic carbocycles. The molecule has 3 rings (SSSR count). The highest BCUT2D eigenvalue weighted by Gasteiger charge is 2.30. The molecule has 1 aliphatic rings. The molecule has 0 saturated carbocycles. The zero-order valence-electron chi connectivity index (χ0n) is 15.1. The smallest absolute Gasteiger partial charge is 0.328 e. The second-order valence-electron chi connectivity index (χ2n) is 6.19. The number of aliphatic imine (C=N–C) groups is 1. The number of aryl methyl sites for hydroxylation is 1. The number of Topliss-reactive ketones (excluding diaryl/α,β-unsaturated/α-hetero) is 1. The van der Waals surface area contributed by atoms with E-state index in [1.54, 1.807) is 24.3 Å². The number of ether oxygens (including phenoxy) is 1. The van der Waals surface area contributed by atoms with Crippen molar-refractivity contribution in [1.29, 1.82) is 0 Å². The Kier molecular flexibility index (Phi) is 4.88. The van der Waals surface area contributed by atoms with Crippen LogP contribution in [-0.2, 0) is 26.6 Å². The number of esters is 1. The summed E-state index contributed by atoms with van der Waals surface area (Å²) in [5.41, 5.74) is 2.63. The molecule has 0 unspecified atom stereocenters. The normalized spacial score (nSPS) is 16.0. The summed E-state index contributed by atoms with van der Waals surface area (Å²) in [5.74, 6) is -0.933. The van der Waals surface area contributed by atoms with Crippen LogP contribution in [0.2, 0.25) is 0 Å². The summed E-state index contributed by atoms with van der Waals surface area (Å²) in [6, 6.07) is 8.09. The third-order valence-electron chi connectivity index (χ3n) is 4.47. The van der Waals surface area contributed by atoms with Crippen molar-refractivity contribution in [2.75, 3.05) is 13.2 Å². The highest BCUT2D eigenvalue weighted by atomic mass is 32.2. The summed E-state index contributed by atoms with van der Waals surface area (Å²) < 4.78 is 33.1. The first kappa shape index (κ1) is 18.8. The van der Waals surface area contributed by atoms with E-state index in [0.717, 1.165) is 11.4 Å². The lowest BCUT2D eigenvalue weighted by molar-refractivity contribution is -0.140. The number of benzene rings is 1. The molecule has 1 aromatic heterocycles. The lowest BCUT2D eigenvalue weighted by atomic mass is 10.1. The topological polar surface area (TPSA) is 107 Å². The molecule has 1 aliphatic heterocycles. The number of rotatable bonds is 5. The van der Waals surface area contributed by atoms with Crippen molar-refractivity contribution in [2.24, 2.45) is 12.0 Å². The fourth-order valence-corrected chi connectivity index (χ4v) is 4.05. The summed E-state index contributed by atoms with van der Waals surface area (Å²) in [6.07, 6.45) is 0. The first-order chi connectivity index (χ1) is 12.7. The van der Waals surface area contributed by atoms with Crippen LogP contribution in [-0.4, -0.2) is 43.7 Å². The van der Waals surface area contributed by atoms with Crippen molar-refractivity contribution in [1.82, 2.24) is 9.29 Å². The van der Waals surface area contributed by atoms with Crippen LogP contribution in [0, 0.1) is 13.8 Å². The van der Waals surface area contributed by atoms with Crippen LogP contribution in [0.15, 0.2) is 40.2 Å². The van der Waals surface area contributed by atoms with Gasteiger partial charge in [-0.3, -0.25) is 19.3 Å². The largest absolute Gasteiger partial charge is 0.456 e. The monoisotopic (exact) mass is 389 g/mol. The molecular formula is C18H19N3O5S. The number of hydrogen-bond acceptors (Lipinski definition) is 6. The predicted octanol–water partition coefficient (Wildman–Crippen LogP) is 1.11. The van der Waals surface area contributed by atoms with Crippen molar-refractivity contribution < 1.29 is 22.7 Å². The van der Waals surface area contributed by atoms with Crippen LogP contribution in [0.1, 0.15) is 27.3 Å². The Morgan fingerprint density at radius 1 is 1.22 bits per heavy atom. The molecule has 0 saturated heterocycles. The zero-order chi connectivity index (χ0) is 19.8. The standard InChI is InChI=1S/C18H19N3O5S/c1-11-8-14(12(2)21(11)3)15(22)10-26-17(23)9-19-18-13-6-4-5-7-16(13)27(24,25)20-18/h4-8H,9-10H2,1-3H3,(H,19,20). The number of aromatic nitrogens is 1. The fraction of sp³-hybridized carbons (Fsp3) is 0.278. The lowest BCUT2D eigenvalue weighted by Crippen LogP contribution is -2.24. The minimum absolute atomic E-state index is 0.0865. The van der Waals surface area contributed by atoms with Gasteiger partial charge in [0.25, 0.3) is 10.0 Å². The van der Waals surface area contributed by atoms with E-state index in [4.69, 9.17) is 4.74 Å². The quantitative estimate of drug-likeness (QED) is 0.609. The molecule has 2 heterocycles. The predicted molar refractivity (Wildman–Crippen MR) is 98.3 cm³/mol. The van der Waals surface area contributed by atoms with Gasteiger partial charge in [0.1, 0.15) is 12.4 Å². The Balaban J connectivity index is 1.63. The first-order valence-corrected chi connectivity index (χ1v) is 9.67. The number of carbonyl (C=O) groups is 2. The average Bonchev–Trinajstić information content (AvgIpc) is 3.06. The van der Waals surface area contributed by atoms with Gasteiger partial charge in [-0.1, -0.05) is 12.1 Å². The van der Waals surface area contributed by atoms with E-state index in [1.807, 2.05) is 25.5 Å². The average molecular weight is 389 g/mol. The molecule has 9 heteroatoms. The SMILES string of the molecule is Cc1cc(C(=O)COC(=O)CN=C2NS(=O)(=O)c3ccccc32)c(C)n1C. The molecule has 0 amide bonds. The van der Waals surface area contributed by atoms with Gasteiger partial charge < -0.3 is 9.30 Å².